The minimum atomic E-state index is -0.437. The van der Waals surface area contributed by atoms with Crippen molar-refractivity contribution < 1.29 is 4.79 Å². The fraction of sp³-hybridized carbons (Fsp3) is 0.350. The molecule has 3 rings (SSSR count). The SMILES string of the molecule is CC(N)C(=O)N1CCN(C(c2ccccc2)c2ccc(Cl)cc2)CC1. The number of nitrogens with zero attached hydrogens (tertiary/aromatic N) is 2. The molecule has 0 saturated carbocycles. The highest BCUT2D eigenvalue weighted by atomic mass is 35.5. The largest absolute Gasteiger partial charge is 0.339 e. The summed E-state index contributed by atoms with van der Waals surface area (Å²) < 4.78 is 0. The summed E-state index contributed by atoms with van der Waals surface area (Å²) in [7, 11) is 0. The van der Waals surface area contributed by atoms with Crippen LogP contribution in [0.25, 0.3) is 0 Å². The summed E-state index contributed by atoms with van der Waals surface area (Å²) in [6.07, 6.45) is 0. The maximum absolute atomic E-state index is 12.1. The lowest BCUT2D eigenvalue weighted by molar-refractivity contribution is -0.134. The number of nitrogens with two attached hydrogens (primary N) is 1. The summed E-state index contributed by atoms with van der Waals surface area (Å²) in [5.41, 5.74) is 8.20. The average Bonchev–Trinajstić information content (AvgIpc) is 2.64. The van der Waals surface area contributed by atoms with E-state index in [1.807, 2.05) is 23.1 Å². The van der Waals surface area contributed by atoms with Crippen LogP contribution in [0, 0.1) is 0 Å². The quantitative estimate of drug-likeness (QED) is 0.915. The zero-order valence-electron chi connectivity index (χ0n) is 14.4. The second kappa shape index (κ2) is 8.00. The highest BCUT2D eigenvalue weighted by Gasteiger charge is 2.28. The molecule has 0 aliphatic carbocycles. The van der Waals surface area contributed by atoms with Gasteiger partial charge in [-0.25, -0.2) is 0 Å². The van der Waals surface area contributed by atoms with E-state index in [0.29, 0.717) is 13.1 Å². The normalized spacial score (nSPS) is 18.0. The number of piperazine rings is 1. The van der Waals surface area contributed by atoms with Crippen molar-refractivity contribution in [3.8, 4) is 0 Å². The monoisotopic (exact) mass is 357 g/mol. The molecule has 0 radical (unpaired) electrons. The Labute approximate surface area is 154 Å². The van der Waals surface area contributed by atoms with Crippen molar-refractivity contribution in [2.45, 2.75) is 19.0 Å². The van der Waals surface area contributed by atoms with E-state index in [2.05, 4.69) is 41.3 Å². The second-order valence-electron chi connectivity index (χ2n) is 6.51. The van der Waals surface area contributed by atoms with E-state index in [1.54, 1.807) is 6.92 Å². The minimum Gasteiger partial charge on any atom is -0.339 e. The Hall–Kier alpha value is -1.88. The van der Waals surface area contributed by atoms with Gasteiger partial charge in [0, 0.05) is 31.2 Å². The van der Waals surface area contributed by atoms with Gasteiger partial charge in [0.25, 0.3) is 0 Å². The Morgan fingerprint density at radius 1 is 0.960 bits per heavy atom. The van der Waals surface area contributed by atoms with Crippen LogP contribution < -0.4 is 5.73 Å². The van der Waals surface area contributed by atoms with Crippen molar-refractivity contribution in [1.82, 2.24) is 9.80 Å². The first-order chi connectivity index (χ1) is 12.1. The minimum absolute atomic E-state index is 0.0300. The molecule has 0 spiro atoms. The van der Waals surface area contributed by atoms with Crippen LogP contribution in [-0.4, -0.2) is 47.9 Å². The summed E-state index contributed by atoms with van der Waals surface area (Å²) in [4.78, 5) is 16.4. The summed E-state index contributed by atoms with van der Waals surface area (Å²) >= 11 is 6.06. The Morgan fingerprint density at radius 3 is 2.08 bits per heavy atom. The maximum atomic E-state index is 12.1. The molecule has 1 fully saturated rings. The molecule has 25 heavy (non-hydrogen) atoms. The van der Waals surface area contributed by atoms with Gasteiger partial charge in [-0.15, -0.1) is 0 Å². The van der Waals surface area contributed by atoms with Crippen molar-refractivity contribution in [1.29, 1.82) is 0 Å². The van der Waals surface area contributed by atoms with Gasteiger partial charge in [-0.3, -0.25) is 9.69 Å². The molecule has 1 aliphatic rings. The van der Waals surface area contributed by atoms with E-state index in [0.717, 1.165) is 18.1 Å². The molecular formula is C20H24ClN3O. The van der Waals surface area contributed by atoms with Crippen molar-refractivity contribution in [3.63, 3.8) is 0 Å². The van der Waals surface area contributed by atoms with Crippen LogP contribution in [0.2, 0.25) is 5.02 Å². The lowest BCUT2D eigenvalue weighted by Crippen LogP contribution is -2.53. The lowest BCUT2D eigenvalue weighted by atomic mass is 9.96. The number of hydrogen-bond donors (Lipinski definition) is 1. The van der Waals surface area contributed by atoms with E-state index in [-0.39, 0.29) is 11.9 Å². The van der Waals surface area contributed by atoms with Crippen molar-refractivity contribution >= 4 is 17.5 Å². The predicted octanol–water partition coefficient (Wildman–Crippen LogP) is 2.92. The molecule has 4 nitrogen and oxygen atoms in total. The number of amides is 1. The zero-order chi connectivity index (χ0) is 17.8. The molecule has 2 unspecified atom stereocenters. The molecule has 1 amide bonds. The molecule has 132 valence electrons. The third kappa shape index (κ3) is 4.21. The number of benzene rings is 2. The van der Waals surface area contributed by atoms with Gasteiger partial charge in [0.2, 0.25) is 5.91 Å². The van der Waals surface area contributed by atoms with E-state index >= 15 is 0 Å². The second-order valence-corrected chi connectivity index (χ2v) is 6.95. The highest BCUT2D eigenvalue weighted by molar-refractivity contribution is 6.30. The average molecular weight is 358 g/mol. The van der Waals surface area contributed by atoms with Crippen LogP contribution in [0.3, 0.4) is 0 Å². The molecule has 2 aromatic rings. The number of halogens is 1. The van der Waals surface area contributed by atoms with Crippen LogP contribution in [0.15, 0.2) is 54.6 Å². The molecule has 1 aliphatic heterocycles. The third-order valence-electron chi connectivity index (χ3n) is 4.68. The predicted molar refractivity (Wildman–Crippen MR) is 102 cm³/mol. The Bertz CT molecular complexity index is 695. The number of carbonyl (C=O) groups is 1. The molecule has 2 aromatic carbocycles. The van der Waals surface area contributed by atoms with Crippen molar-refractivity contribution in [2.24, 2.45) is 5.73 Å². The molecule has 2 atom stereocenters. The zero-order valence-corrected chi connectivity index (χ0v) is 15.2. The highest BCUT2D eigenvalue weighted by Crippen LogP contribution is 2.30. The summed E-state index contributed by atoms with van der Waals surface area (Å²) in [5, 5.41) is 0.739. The number of rotatable bonds is 4. The summed E-state index contributed by atoms with van der Waals surface area (Å²) in [5.74, 6) is 0.0300. The van der Waals surface area contributed by atoms with Gasteiger partial charge in [0.15, 0.2) is 0 Å². The van der Waals surface area contributed by atoms with Crippen LogP contribution in [-0.2, 0) is 4.79 Å². The van der Waals surface area contributed by atoms with Crippen LogP contribution in [0.5, 0.6) is 0 Å². The molecular weight excluding hydrogens is 334 g/mol. The first-order valence-corrected chi connectivity index (χ1v) is 9.03. The molecule has 5 heteroatoms. The standard InChI is InChI=1S/C20H24ClN3O/c1-15(22)20(25)24-13-11-23(12-14-24)19(16-5-3-2-4-6-16)17-7-9-18(21)10-8-17/h2-10,15,19H,11-14,22H2,1H3. The van der Waals surface area contributed by atoms with E-state index in [9.17, 15) is 4.79 Å². The Balaban J connectivity index is 1.82. The molecule has 0 bridgehead atoms. The fourth-order valence-corrected chi connectivity index (χ4v) is 3.51. The molecule has 1 heterocycles. The molecule has 2 N–H and O–H groups in total. The van der Waals surface area contributed by atoms with Gasteiger partial charge in [-0.2, -0.15) is 0 Å². The Morgan fingerprint density at radius 2 is 1.52 bits per heavy atom. The van der Waals surface area contributed by atoms with Crippen molar-refractivity contribution in [3.05, 3.63) is 70.7 Å². The van der Waals surface area contributed by atoms with Crippen LogP contribution in [0.1, 0.15) is 24.1 Å². The van der Waals surface area contributed by atoms with Gasteiger partial charge in [0.1, 0.15) is 0 Å². The van der Waals surface area contributed by atoms with Crippen molar-refractivity contribution in [2.75, 3.05) is 26.2 Å². The van der Waals surface area contributed by atoms with E-state index in [1.165, 1.54) is 11.1 Å². The summed E-state index contributed by atoms with van der Waals surface area (Å²) in [6.45, 7) is 4.80. The van der Waals surface area contributed by atoms with Crippen LogP contribution in [0.4, 0.5) is 0 Å². The van der Waals surface area contributed by atoms with E-state index < -0.39 is 6.04 Å². The van der Waals surface area contributed by atoms with Crippen LogP contribution >= 0.6 is 11.6 Å². The lowest BCUT2D eigenvalue weighted by Gasteiger charge is -2.40. The molecule has 0 aromatic heterocycles. The summed E-state index contributed by atoms with van der Waals surface area (Å²) in [6, 6.07) is 18.2. The Kier molecular flexibility index (Phi) is 5.74. The number of carbonyl (C=O) groups excluding carboxylic acids is 1. The van der Waals surface area contributed by atoms with Gasteiger partial charge >= 0.3 is 0 Å². The molecule has 1 saturated heterocycles. The first kappa shape index (κ1) is 17.9. The maximum Gasteiger partial charge on any atom is 0.239 e. The first-order valence-electron chi connectivity index (χ1n) is 8.65. The van der Waals surface area contributed by atoms with Gasteiger partial charge in [-0.05, 0) is 30.2 Å². The topological polar surface area (TPSA) is 49.6 Å². The third-order valence-corrected chi connectivity index (χ3v) is 4.93. The van der Waals surface area contributed by atoms with Gasteiger partial charge in [0.05, 0.1) is 12.1 Å². The fourth-order valence-electron chi connectivity index (χ4n) is 3.38. The van der Waals surface area contributed by atoms with E-state index in [4.69, 9.17) is 17.3 Å². The number of hydrogen-bond acceptors (Lipinski definition) is 3. The van der Waals surface area contributed by atoms with Gasteiger partial charge in [-0.1, -0.05) is 54.1 Å². The smallest absolute Gasteiger partial charge is 0.239 e. The van der Waals surface area contributed by atoms with Gasteiger partial charge < -0.3 is 10.6 Å².